The molecule has 0 atom stereocenters. The van der Waals surface area contributed by atoms with Crippen molar-refractivity contribution in [1.29, 1.82) is 0 Å². The van der Waals surface area contributed by atoms with Gasteiger partial charge in [0.05, 0.1) is 18.0 Å². The first-order chi connectivity index (χ1) is 11.8. The Morgan fingerprint density at radius 2 is 2.28 bits per heavy atom. The van der Waals surface area contributed by atoms with E-state index in [-0.39, 0.29) is 24.0 Å². The fourth-order valence-electron chi connectivity index (χ4n) is 2.04. The molecule has 3 aromatic heterocycles. The molecule has 3 rings (SSSR count). The first kappa shape index (κ1) is 19.4. The molecule has 8 nitrogen and oxygen atoms in total. The van der Waals surface area contributed by atoms with Crippen molar-refractivity contribution in [2.75, 3.05) is 6.54 Å². The van der Waals surface area contributed by atoms with Crippen LogP contribution in [0.5, 0.6) is 0 Å². The van der Waals surface area contributed by atoms with Gasteiger partial charge in [0.1, 0.15) is 24.1 Å². The van der Waals surface area contributed by atoms with Gasteiger partial charge in [-0.2, -0.15) is 5.10 Å². The fourth-order valence-corrected chi connectivity index (χ4v) is 2.69. The number of aromatic nitrogens is 4. The smallest absolute Gasteiger partial charge is 0.236 e. The topological polar surface area (TPSA) is 93.2 Å². The molecule has 0 saturated carbocycles. The van der Waals surface area contributed by atoms with Crippen LogP contribution in [-0.4, -0.2) is 32.3 Å². The summed E-state index contributed by atoms with van der Waals surface area (Å²) >= 11 is 1.60. The third-order valence-corrected chi connectivity index (χ3v) is 4.10. The Hall–Kier alpha value is -1.95. The van der Waals surface area contributed by atoms with Gasteiger partial charge in [-0.05, 0) is 18.4 Å². The van der Waals surface area contributed by atoms with E-state index in [1.807, 2.05) is 31.5 Å². The number of halogens is 1. The highest BCUT2D eigenvalue weighted by atomic mass is 127. The van der Waals surface area contributed by atoms with Crippen molar-refractivity contribution < 1.29 is 4.42 Å². The van der Waals surface area contributed by atoms with Crippen molar-refractivity contribution in [2.45, 2.75) is 20.0 Å². The van der Waals surface area contributed by atoms with Gasteiger partial charge in [0.25, 0.3) is 0 Å². The van der Waals surface area contributed by atoms with Crippen LogP contribution >= 0.6 is 35.3 Å². The van der Waals surface area contributed by atoms with Gasteiger partial charge in [-0.3, -0.25) is 4.68 Å². The van der Waals surface area contributed by atoms with Gasteiger partial charge >= 0.3 is 0 Å². The summed E-state index contributed by atoms with van der Waals surface area (Å²) in [6.45, 7) is 3.76. The molecular formula is C15H20IN7OS. The molecule has 0 saturated heterocycles. The van der Waals surface area contributed by atoms with E-state index in [2.05, 4.69) is 30.7 Å². The van der Waals surface area contributed by atoms with Gasteiger partial charge in [0, 0.05) is 13.6 Å². The number of aliphatic imine (C=N–C) groups is 1. The molecular weight excluding hydrogens is 453 g/mol. The Kier molecular flexibility index (Phi) is 7.37. The second-order valence-corrected chi connectivity index (χ2v) is 5.92. The number of guanidine groups is 1. The lowest BCUT2D eigenvalue weighted by atomic mass is 10.4. The average Bonchev–Trinajstić information content (AvgIpc) is 3.31. The number of rotatable bonds is 6. The molecule has 25 heavy (non-hydrogen) atoms. The predicted octanol–water partition coefficient (Wildman–Crippen LogP) is 2.40. The molecule has 0 radical (unpaired) electrons. The van der Waals surface area contributed by atoms with Gasteiger partial charge in [0.15, 0.2) is 5.96 Å². The number of hydrogen-bond acceptors (Lipinski definition) is 6. The van der Waals surface area contributed by atoms with Gasteiger partial charge in [-0.25, -0.2) is 15.0 Å². The van der Waals surface area contributed by atoms with Crippen molar-refractivity contribution in [2.24, 2.45) is 12.0 Å². The van der Waals surface area contributed by atoms with Crippen molar-refractivity contribution in [3.8, 4) is 10.8 Å². The van der Waals surface area contributed by atoms with Gasteiger partial charge in [-0.1, -0.05) is 6.07 Å². The Morgan fingerprint density at radius 3 is 2.96 bits per heavy atom. The summed E-state index contributed by atoms with van der Waals surface area (Å²) in [5, 5.41) is 12.5. The van der Waals surface area contributed by atoms with Gasteiger partial charge in [0.2, 0.25) is 5.89 Å². The number of thiophene rings is 1. The lowest BCUT2D eigenvalue weighted by Gasteiger charge is -2.10. The zero-order chi connectivity index (χ0) is 16.8. The van der Waals surface area contributed by atoms with Gasteiger partial charge < -0.3 is 15.1 Å². The van der Waals surface area contributed by atoms with E-state index in [1.165, 1.54) is 6.33 Å². The Labute approximate surface area is 166 Å². The fraction of sp³-hybridized carbons (Fsp3) is 0.333. The second-order valence-electron chi connectivity index (χ2n) is 4.97. The van der Waals surface area contributed by atoms with E-state index in [0.29, 0.717) is 24.9 Å². The maximum absolute atomic E-state index is 5.50. The minimum Gasteiger partial charge on any atom is -0.443 e. The molecule has 0 aliphatic heterocycles. The number of hydrogen-bond donors (Lipinski definition) is 2. The third-order valence-electron chi connectivity index (χ3n) is 3.25. The summed E-state index contributed by atoms with van der Waals surface area (Å²) in [7, 11) is 1.86. The van der Waals surface area contributed by atoms with Crippen LogP contribution in [0.25, 0.3) is 10.8 Å². The van der Waals surface area contributed by atoms with Crippen molar-refractivity contribution in [3.63, 3.8) is 0 Å². The van der Waals surface area contributed by atoms with Crippen molar-refractivity contribution in [3.05, 3.63) is 41.6 Å². The lowest BCUT2D eigenvalue weighted by Crippen LogP contribution is -2.37. The minimum absolute atomic E-state index is 0. The summed E-state index contributed by atoms with van der Waals surface area (Å²) in [5.41, 5.74) is 0.786. The third kappa shape index (κ3) is 5.26. The lowest BCUT2D eigenvalue weighted by molar-refractivity contribution is 0.574. The number of aryl methyl sites for hydroxylation is 1. The molecule has 0 aliphatic carbocycles. The van der Waals surface area contributed by atoms with E-state index in [0.717, 1.165) is 22.9 Å². The van der Waals surface area contributed by atoms with Crippen LogP contribution in [0.15, 0.2) is 39.5 Å². The maximum atomic E-state index is 5.50. The van der Waals surface area contributed by atoms with Gasteiger partial charge in [-0.15, -0.1) is 35.3 Å². The first-order valence-corrected chi connectivity index (χ1v) is 8.47. The molecule has 0 unspecified atom stereocenters. The standard InChI is InChI=1S/C15H19N7OS.HI/c1-3-16-15(18-8-13-19-10-20-22(13)2)17-7-11-9-23-14(21-11)12-5-4-6-24-12;/h4-6,9-10H,3,7-8H2,1-2H3,(H2,16,17,18);1H. The quantitative estimate of drug-likeness (QED) is 0.325. The van der Waals surface area contributed by atoms with Crippen LogP contribution in [0.2, 0.25) is 0 Å². The Bertz CT molecular complexity index is 797. The molecule has 0 fully saturated rings. The van der Waals surface area contributed by atoms with Crippen LogP contribution in [0, 0.1) is 0 Å². The minimum atomic E-state index is 0. The zero-order valence-electron chi connectivity index (χ0n) is 14.0. The van der Waals surface area contributed by atoms with E-state index in [1.54, 1.807) is 22.3 Å². The molecule has 134 valence electrons. The SMILES string of the molecule is CCNC(=NCc1coc(-c2cccs2)n1)NCc1ncnn1C.I. The largest absolute Gasteiger partial charge is 0.443 e. The monoisotopic (exact) mass is 473 g/mol. The highest BCUT2D eigenvalue weighted by Crippen LogP contribution is 2.23. The Morgan fingerprint density at radius 1 is 1.40 bits per heavy atom. The number of nitrogens with zero attached hydrogens (tertiary/aromatic N) is 5. The molecule has 0 bridgehead atoms. The summed E-state index contributed by atoms with van der Waals surface area (Å²) in [4.78, 5) is 14.2. The van der Waals surface area contributed by atoms with Crippen LogP contribution in [-0.2, 0) is 20.1 Å². The number of oxazole rings is 1. The molecule has 0 spiro atoms. The normalized spacial score (nSPS) is 11.2. The van der Waals surface area contributed by atoms with E-state index < -0.39 is 0 Å². The second kappa shape index (κ2) is 9.51. The van der Waals surface area contributed by atoms with Crippen LogP contribution in [0.3, 0.4) is 0 Å². The van der Waals surface area contributed by atoms with Crippen LogP contribution < -0.4 is 10.6 Å². The predicted molar refractivity (Wildman–Crippen MR) is 108 cm³/mol. The number of nitrogens with one attached hydrogen (secondary N) is 2. The molecule has 0 aliphatic rings. The van der Waals surface area contributed by atoms with Crippen molar-refractivity contribution in [1.82, 2.24) is 30.4 Å². The molecule has 3 aromatic rings. The summed E-state index contributed by atoms with van der Waals surface area (Å²) in [6.07, 6.45) is 3.17. The van der Waals surface area contributed by atoms with Crippen LogP contribution in [0.4, 0.5) is 0 Å². The zero-order valence-corrected chi connectivity index (χ0v) is 17.1. The molecule has 0 aromatic carbocycles. The van der Waals surface area contributed by atoms with E-state index in [9.17, 15) is 0 Å². The summed E-state index contributed by atoms with van der Waals surface area (Å²) in [6, 6.07) is 3.96. The summed E-state index contributed by atoms with van der Waals surface area (Å²) in [5.74, 6) is 2.16. The van der Waals surface area contributed by atoms with Crippen molar-refractivity contribution >= 4 is 41.3 Å². The molecule has 2 N–H and O–H groups in total. The maximum Gasteiger partial charge on any atom is 0.236 e. The van der Waals surface area contributed by atoms with E-state index >= 15 is 0 Å². The average molecular weight is 473 g/mol. The highest BCUT2D eigenvalue weighted by molar-refractivity contribution is 14.0. The molecule has 3 heterocycles. The molecule has 10 heteroatoms. The Balaban J connectivity index is 0.00000225. The van der Waals surface area contributed by atoms with E-state index in [4.69, 9.17) is 4.42 Å². The first-order valence-electron chi connectivity index (χ1n) is 7.59. The summed E-state index contributed by atoms with van der Waals surface area (Å²) < 4.78 is 7.23. The highest BCUT2D eigenvalue weighted by Gasteiger charge is 2.08. The van der Waals surface area contributed by atoms with Crippen LogP contribution in [0.1, 0.15) is 18.4 Å². The molecule has 0 amide bonds.